The number of aromatic nitrogens is 2. The molecule has 1 atom stereocenters. The van der Waals surface area contributed by atoms with Gasteiger partial charge in [-0.2, -0.15) is 0 Å². The molecular formula is C22H28ClN5. The number of allylic oxidation sites excluding steroid dienone is 4. The minimum absolute atomic E-state index is 0.184. The van der Waals surface area contributed by atoms with Crippen molar-refractivity contribution in [2.75, 3.05) is 13.1 Å². The SMILES string of the molecule is C/C=C(NCc1ccc2nccnc2c1)\C(=C(\Cl)C=C(C)C)N1CCC(N)C1. The van der Waals surface area contributed by atoms with Gasteiger partial charge in [0.05, 0.1) is 27.5 Å². The van der Waals surface area contributed by atoms with Crippen LogP contribution in [0.4, 0.5) is 0 Å². The van der Waals surface area contributed by atoms with Crippen LogP contribution in [0.3, 0.4) is 0 Å². The Morgan fingerprint density at radius 2 is 2.04 bits per heavy atom. The molecule has 1 aromatic heterocycles. The van der Waals surface area contributed by atoms with Crippen molar-refractivity contribution in [2.24, 2.45) is 5.73 Å². The number of rotatable bonds is 6. The molecule has 1 aliphatic heterocycles. The summed E-state index contributed by atoms with van der Waals surface area (Å²) in [7, 11) is 0. The highest BCUT2D eigenvalue weighted by Gasteiger charge is 2.25. The maximum Gasteiger partial charge on any atom is 0.0890 e. The summed E-state index contributed by atoms with van der Waals surface area (Å²) in [4.78, 5) is 11.0. The van der Waals surface area contributed by atoms with Gasteiger partial charge in [-0.3, -0.25) is 9.97 Å². The molecule has 0 spiro atoms. The molecule has 148 valence electrons. The summed E-state index contributed by atoms with van der Waals surface area (Å²) in [5, 5.41) is 4.29. The second-order valence-electron chi connectivity index (χ2n) is 7.35. The predicted octanol–water partition coefficient (Wildman–Crippen LogP) is 4.07. The lowest BCUT2D eigenvalue weighted by molar-refractivity contribution is 0.419. The van der Waals surface area contributed by atoms with Crippen LogP contribution in [0.15, 0.2) is 64.7 Å². The average Bonchev–Trinajstić information content (AvgIpc) is 3.09. The van der Waals surface area contributed by atoms with E-state index in [1.807, 2.05) is 19.1 Å². The van der Waals surface area contributed by atoms with E-state index in [1.165, 1.54) is 0 Å². The highest BCUT2D eigenvalue weighted by molar-refractivity contribution is 6.31. The molecule has 5 nitrogen and oxygen atoms in total. The highest BCUT2D eigenvalue weighted by Crippen LogP contribution is 2.27. The number of likely N-dealkylation sites (tertiary alicyclic amines) is 1. The molecule has 3 rings (SSSR count). The van der Waals surface area contributed by atoms with E-state index in [1.54, 1.807) is 12.4 Å². The molecule has 0 aliphatic carbocycles. The van der Waals surface area contributed by atoms with Crippen LogP contribution in [-0.2, 0) is 6.54 Å². The van der Waals surface area contributed by atoms with E-state index in [4.69, 9.17) is 17.3 Å². The van der Waals surface area contributed by atoms with E-state index >= 15 is 0 Å². The lowest BCUT2D eigenvalue weighted by atomic mass is 10.1. The van der Waals surface area contributed by atoms with Crippen molar-refractivity contribution in [3.05, 3.63) is 70.3 Å². The van der Waals surface area contributed by atoms with Crippen LogP contribution >= 0.6 is 11.6 Å². The van der Waals surface area contributed by atoms with Crippen LogP contribution in [0.5, 0.6) is 0 Å². The first kappa shape index (κ1) is 20.4. The Bertz CT molecular complexity index is 927. The molecule has 0 bridgehead atoms. The summed E-state index contributed by atoms with van der Waals surface area (Å²) >= 11 is 6.72. The fraction of sp³-hybridized carbons (Fsp3) is 0.364. The third-order valence-corrected chi connectivity index (χ3v) is 5.03. The summed E-state index contributed by atoms with van der Waals surface area (Å²) < 4.78 is 0. The Labute approximate surface area is 172 Å². The summed E-state index contributed by atoms with van der Waals surface area (Å²) in [6.07, 6.45) is 8.48. The summed E-state index contributed by atoms with van der Waals surface area (Å²) in [6, 6.07) is 6.32. The van der Waals surface area contributed by atoms with E-state index in [0.717, 1.165) is 58.1 Å². The highest BCUT2D eigenvalue weighted by atomic mass is 35.5. The quantitative estimate of drug-likeness (QED) is 0.719. The second-order valence-corrected chi connectivity index (χ2v) is 7.76. The Morgan fingerprint density at radius 1 is 1.29 bits per heavy atom. The average molecular weight is 398 g/mol. The first-order valence-corrected chi connectivity index (χ1v) is 10.0. The lowest BCUT2D eigenvalue weighted by Gasteiger charge is -2.26. The van der Waals surface area contributed by atoms with Gasteiger partial charge in [0, 0.05) is 38.1 Å². The van der Waals surface area contributed by atoms with Crippen LogP contribution in [0, 0.1) is 0 Å². The lowest BCUT2D eigenvalue weighted by Crippen LogP contribution is -2.30. The van der Waals surface area contributed by atoms with E-state index < -0.39 is 0 Å². The molecule has 1 saturated heterocycles. The number of benzene rings is 1. The molecule has 2 heterocycles. The molecule has 6 heteroatoms. The molecule has 0 radical (unpaired) electrons. The number of halogens is 1. The van der Waals surface area contributed by atoms with Crippen molar-refractivity contribution in [1.29, 1.82) is 0 Å². The minimum Gasteiger partial charge on any atom is -0.380 e. The van der Waals surface area contributed by atoms with Crippen molar-refractivity contribution in [3.8, 4) is 0 Å². The van der Waals surface area contributed by atoms with Crippen molar-refractivity contribution in [1.82, 2.24) is 20.2 Å². The molecule has 1 unspecified atom stereocenters. The molecule has 28 heavy (non-hydrogen) atoms. The standard InChI is InChI=1S/C22H28ClN5/c1-4-19(22(18(23)11-15(2)3)28-10-7-17(24)14-28)27-13-16-5-6-20-21(12-16)26-9-8-25-20/h4-6,8-9,11-12,17,27H,7,10,13-14,24H2,1-3H3/b19-4+,22-18-. The minimum atomic E-state index is 0.184. The Morgan fingerprint density at radius 3 is 2.68 bits per heavy atom. The van der Waals surface area contributed by atoms with Gasteiger partial charge >= 0.3 is 0 Å². The monoisotopic (exact) mass is 397 g/mol. The summed E-state index contributed by atoms with van der Waals surface area (Å²) in [5.74, 6) is 0. The van der Waals surface area contributed by atoms with Gasteiger partial charge in [-0.05, 0) is 51.0 Å². The van der Waals surface area contributed by atoms with Gasteiger partial charge < -0.3 is 16.0 Å². The zero-order chi connectivity index (χ0) is 20.1. The van der Waals surface area contributed by atoms with Gasteiger partial charge in [-0.15, -0.1) is 0 Å². The topological polar surface area (TPSA) is 67.1 Å². The van der Waals surface area contributed by atoms with Crippen molar-refractivity contribution >= 4 is 22.6 Å². The van der Waals surface area contributed by atoms with Gasteiger partial charge in [-0.25, -0.2) is 0 Å². The van der Waals surface area contributed by atoms with Crippen molar-refractivity contribution < 1.29 is 0 Å². The second kappa shape index (κ2) is 9.22. The Hall–Kier alpha value is -2.37. The first-order chi connectivity index (χ1) is 13.5. The molecule has 1 fully saturated rings. The predicted molar refractivity (Wildman–Crippen MR) is 117 cm³/mol. The number of hydrogen-bond donors (Lipinski definition) is 2. The van der Waals surface area contributed by atoms with Crippen LogP contribution < -0.4 is 11.1 Å². The number of nitrogens with two attached hydrogens (primary N) is 1. The van der Waals surface area contributed by atoms with E-state index in [9.17, 15) is 0 Å². The Balaban J connectivity index is 1.84. The van der Waals surface area contributed by atoms with Gasteiger partial charge in [0.15, 0.2) is 0 Å². The van der Waals surface area contributed by atoms with E-state index in [-0.39, 0.29) is 6.04 Å². The number of nitrogens with zero attached hydrogens (tertiary/aromatic N) is 3. The number of nitrogens with one attached hydrogen (secondary N) is 1. The molecule has 1 aromatic carbocycles. The largest absolute Gasteiger partial charge is 0.380 e. The summed E-state index contributed by atoms with van der Waals surface area (Å²) in [5.41, 5.74) is 12.3. The molecule has 3 N–H and O–H groups in total. The van der Waals surface area contributed by atoms with Crippen LogP contribution in [0.2, 0.25) is 0 Å². The van der Waals surface area contributed by atoms with Crippen LogP contribution in [0.1, 0.15) is 32.8 Å². The number of fused-ring (bicyclic) bond motifs is 1. The molecule has 2 aromatic rings. The van der Waals surface area contributed by atoms with Crippen LogP contribution in [-0.4, -0.2) is 34.0 Å². The third kappa shape index (κ3) is 4.91. The zero-order valence-corrected chi connectivity index (χ0v) is 17.5. The van der Waals surface area contributed by atoms with Gasteiger partial charge in [0.2, 0.25) is 0 Å². The van der Waals surface area contributed by atoms with Gasteiger partial charge in [-0.1, -0.05) is 29.3 Å². The fourth-order valence-electron chi connectivity index (χ4n) is 3.40. The molecule has 1 aliphatic rings. The fourth-order valence-corrected chi connectivity index (χ4v) is 3.84. The van der Waals surface area contributed by atoms with Crippen LogP contribution in [0.25, 0.3) is 11.0 Å². The van der Waals surface area contributed by atoms with E-state index in [0.29, 0.717) is 6.54 Å². The zero-order valence-electron chi connectivity index (χ0n) is 16.7. The number of hydrogen-bond acceptors (Lipinski definition) is 5. The van der Waals surface area contributed by atoms with Gasteiger partial charge in [0.1, 0.15) is 0 Å². The van der Waals surface area contributed by atoms with Crippen molar-refractivity contribution in [3.63, 3.8) is 0 Å². The maximum absolute atomic E-state index is 6.72. The third-order valence-electron chi connectivity index (χ3n) is 4.74. The maximum atomic E-state index is 6.72. The normalized spacial score (nSPS) is 18.2. The molecule has 0 saturated carbocycles. The van der Waals surface area contributed by atoms with E-state index in [2.05, 4.69) is 52.2 Å². The summed E-state index contributed by atoms with van der Waals surface area (Å²) in [6.45, 7) is 8.52. The Kier molecular flexibility index (Phi) is 6.70. The molecular weight excluding hydrogens is 370 g/mol. The smallest absolute Gasteiger partial charge is 0.0890 e. The van der Waals surface area contributed by atoms with Gasteiger partial charge in [0.25, 0.3) is 0 Å². The molecule has 0 amide bonds. The first-order valence-electron chi connectivity index (χ1n) is 9.63. The van der Waals surface area contributed by atoms with Crippen molar-refractivity contribution in [2.45, 2.75) is 39.8 Å².